The van der Waals surface area contributed by atoms with E-state index in [0.717, 1.165) is 0 Å². The maximum atomic E-state index is 12.1. The van der Waals surface area contributed by atoms with E-state index in [0.29, 0.717) is 11.5 Å². The number of carbonyl (C=O) groups is 1. The number of hydrogen-bond acceptors (Lipinski definition) is 2. The normalized spacial score (nSPS) is 13.1. The lowest BCUT2D eigenvalue weighted by molar-refractivity contribution is 0.0807. The molecule has 0 aromatic heterocycles. The van der Waals surface area contributed by atoms with E-state index in [-0.39, 0.29) is 24.2 Å². The number of rotatable bonds is 5. The number of benzene rings is 1. The summed E-state index contributed by atoms with van der Waals surface area (Å²) < 4.78 is 0. The largest absolute Gasteiger partial charge is 0.396 e. The van der Waals surface area contributed by atoms with Gasteiger partial charge in [0.1, 0.15) is 0 Å². The molecule has 0 radical (unpaired) electrons. The summed E-state index contributed by atoms with van der Waals surface area (Å²) in [5, 5.41) is 9.25. The third kappa shape index (κ3) is 3.40. The van der Waals surface area contributed by atoms with Gasteiger partial charge in [0.15, 0.2) is 5.78 Å². The van der Waals surface area contributed by atoms with Gasteiger partial charge in [0.2, 0.25) is 0 Å². The zero-order chi connectivity index (χ0) is 13.0. The topological polar surface area (TPSA) is 37.3 Å². The number of ketones is 1. The Balaban J connectivity index is 2.89. The van der Waals surface area contributed by atoms with Gasteiger partial charge in [-0.2, -0.15) is 0 Å². The van der Waals surface area contributed by atoms with Gasteiger partial charge >= 0.3 is 0 Å². The van der Waals surface area contributed by atoms with Crippen molar-refractivity contribution in [1.29, 1.82) is 0 Å². The van der Waals surface area contributed by atoms with E-state index in [2.05, 4.69) is 13.8 Å². The molecule has 1 atom stereocenters. The van der Waals surface area contributed by atoms with E-state index in [1.807, 2.05) is 38.1 Å². The van der Waals surface area contributed by atoms with E-state index in [4.69, 9.17) is 0 Å². The molecule has 0 bridgehead atoms. The molecule has 1 aromatic carbocycles. The summed E-state index contributed by atoms with van der Waals surface area (Å²) in [4.78, 5) is 12.1. The van der Waals surface area contributed by atoms with Crippen molar-refractivity contribution in [3.05, 3.63) is 35.4 Å². The molecule has 1 rings (SSSR count). The average molecular weight is 234 g/mol. The van der Waals surface area contributed by atoms with Crippen LogP contribution in [0.1, 0.15) is 49.5 Å². The summed E-state index contributed by atoms with van der Waals surface area (Å²) in [6, 6.07) is 7.71. The second-order valence-electron chi connectivity index (χ2n) is 5.17. The fourth-order valence-electron chi connectivity index (χ4n) is 1.84. The Kier molecular flexibility index (Phi) is 4.88. The first-order valence-corrected chi connectivity index (χ1v) is 6.22. The molecular formula is C15H22O2. The van der Waals surface area contributed by atoms with Crippen LogP contribution >= 0.6 is 0 Å². The zero-order valence-electron chi connectivity index (χ0n) is 11.1. The summed E-state index contributed by atoms with van der Waals surface area (Å²) in [5.41, 5.74) is 1.92. The minimum absolute atomic E-state index is 0.0396. The predicted octanol–water partition coefficient (Wildman–Crippen LogP) is 3.26. The van der Waals surface area contributed by atoms with E-state index < -0.39 is 0 Å². The number of hydrogen-bond donors (Lipinski definition) is 1. The molecule has 0 amide bonds. The standard InChI is InChI=1S/C15H22O2/c1-10(2)12-5-7-13(8-6-12)15(17)14(9-16)11(3)4/h5-8,10-11,14,16H,9H2,1-4H3. The zero-order valence-corrected chi connectivity index (χ0v) is 11.1. The summed E-state index contributed by atoms with van der Waals surface area (Å²) in [7, 11) is 0. The molecule has 0 saturated heterocycles. The van der Waals surface area contributed by atoms with Gasteiger partial charge in [0.05, 0.1) is 6.61 Å². The Morgan fingerprint density at radius 3 is 2.00 bits per heavy atom. The molecule has 0 aliphatic heterocycles. The molecule has 2 heteroatoms. The van der Waals surface area contributed by atoms with E-state index in [9.17, 15) is 9.90 Å². The van der Waals surface area contributed by atoms with Gasteiger partial charge in [-0.05, 0) is 17.4 Å². The van der Waals surface area contributed by atoms with Crippen LogP contribution in [0.3, 0.4) is 0 Å². The van der Waals surface area contributed by atoms with Crippen LogP contribution in [0.2, 0.25) is 0 Å². The highest BCUT2D eigenvalue weighted by molar-refractivity contribution is 5.98. The van der Waals surface area contributed by atoms with Crippen molar-refractivity contribution in [2.24, 2.45) is 11.8 Å². The Morgan fingerprint density at radius 2 is 1.65 bits per heavy atom. The highest BCUT2D eigenvalue weighted by Gasteiger charge is 2.22. The van der Waals surface area contributed by atoms with Gasteiger partial charge in [-0.25, -0.2) is 0 Å². The van der Waals surface area contributed by atoms with Gasteiger partial charge < -0.3 is 5.11 Å². The van der Waals surface area contributed by atoms with Crippen molar-refractivity contribution in [3.63, 3.8) is 0 Å². The molecule has 1 N–H and O–H groups in total. The van der Waals surface area contributed by atoms with Crippen LogP contribution in [0.4, 0.5) is 0 Å². The molecule has 0 aliphatic carbocycles. The van der Waals surface area contributed by atoms with Crippen LogP contribution in [0.15, 0.2) is 24.3 Å². The molecule has 94 valence electrons. The van der Waals surface area contributed by atoms with Gasteiger partial charge in [-0.15, -0.1) is 0 Å². The SMILES string of the molecule is CC(C)c1ccc(C(=O)C(CO)C(C)C)cc1. The molecule has 17 heavy (non-hydrogen) atoms. The second kappa shape index (κ2) is 5.97. The van der Waals surface area contributed by atoms with Crippen molar-refractivity contribution in [1.82, 2.24) is 0 Å². The number of aliphatic hydroxyl groups excluding tert-OH is 1. The van der Waals surface area contributed by atoms with E-state index in [1.54, 1.807) is 0 Å². The highest BCUT2D eigenvalue weighted by atomic mass is 16.3. The summed E-state index contributed by atoms with van der Waals surface area (Å²) >= 11 is 0. The maximum Gasteiger partial charge on any atom is 0.168 e. The summed E-state index contributed by atoms with van der Waals surface area (Å²) in [6.07, 6.45) is 0. The summed E-state index contributed by atoms with van der Waals surface area (Å²) in [5.74, 6) is 0.382. The molecule has 0 aliphatic rings. The molecule has 1 aromatic rings. The number of aliphatic hydroxyl groups is 1. The monoisotopic (exact) mass is 234 g/mol. The minimum Gasteiger partial charge on any atom is -0.396 e. The molecule has 2 nitrogen and oxygen atoms in total. The first kappa shape index (κ1) is 13.9. The van der Waals surface area contributed by atoms with Crippen LogP contribution < -0.4 is 0 Å². The molecule has 0 spiro atoms. The van der Waals surface area contributed by atoms with Gasteiger partial charge in [-0.1, -0.05) is 52.0 Å². The van der Waals surface area contributed by atoms with E-state index >= 15 is 0 Å². The molecule has 0 heterocycles. The van der Waals surface area contributed by atoms with Crippen molar-refractivity contribution in [2.75, 3.05) is 6.61 Å². The first-order valence-electron chi connectivity index (χ1n) is 6.22. The third-order valence-corrected chi connectivity index (χ3v) is 3.20. The van der Waals surface area contributed by atoms with Crippen molar-refractivity contribution < 1.29 is 9.90 Å². The fraction of sp³-hybridized carbons (Fsp3) is 0.533. The van der Waals surface area contributed by atoms with Crippen molar-refractivity contribution in [2.45, 2.75) is 33.6 Å². The lowest BCUT2D eigenvalue weighted by Gasteiger charge is -2.17. The van der Waals surface area contributed by atoms with Crippen LogP contribution in [-0.4, -0.2) is 17.5 Å². The second-order valence-corrected chi connectivity index (χ2v) is 5.17. The molecular weight excluding hydrogens is 212 g/mol. The Bertz CT molecular complexity index is 363. The maximum absolute atomic E-state index is 12.1. The predicted molar refractivity (Wildman–Crippen MR) is 70.3 cm³/mol. The Hall–Kier alpha value is -1.15. The van der Waals surface area contributed by atoms with Crippen LogP contribution in [0.25, 0.3) is 0 Å². The van der Waals surface area contributed by atoms with Crippen molar-refractivity contribution >= 4 is 5.78 Å². The van der Waals surface area contributed by atoms with Gasteiger partial charge in [-0.3, -0.25) is 4.79 Å². The average Bonchev–Trinajstić information content (AvgIpc) is 2.29. The van der Waals surface area contributed by atoms with Crippen LogP contribution in [-0.2, 0) is 0 Å². The molecule has 1 unspecified atom stereocenters. The number of Topliss-reactive ketones (excluding diaryl/α,β-unsaturated/α-hetero) is 1. The van der Waals surface area contributed by atoms with Gasteiger partial charge in [0.25, 0.3) is 0 Å². The third-order valence-electron chi connectivity index (χ3n) is 3.20. The van der Waals surface area contributed by atoms with Crippen LogP contribution in [0, 0.1) is 11.8 Å². The Morgan fingerprint density at radius 1 is 1.12 bits per heavy atom. The first-order chi connectivity index (χ1) is 7.97. The van der Waals surface area contributed by atoms with Gasteiger partial charge in [0, 0.05) is 11.5 Å². The summed E-state index contributed by atoms with van der Waals surface area (Å²) in [6.45, 7) is 8.09. The smallest absolute Gasteiger partial charge is 0.168 e. The minimum atomic E-state index is -0.292. The molecule has 0 fully saturated rings. The lowest BCUT2D eigenvalue weighted by Crippen LogP contribution is -2.24. The highest BCUT2D eigenvalue weighted by Crippen LogP contribution is 2.19. The molecule has 0 saturated carbocycles. The van der Waals surface area contributed by atoms with E-state index in [1.165, 1.54) is 5.56 Å². The fourth-order valence-corrected chi connectivity index (χ4v) is 1.84. The number of carbonyl (C=O) groups excluding carboxylic acids is 1. The van der Waals surface area contributed by atoms with Crippen LogP contribution in [0.5, 0.6) is 0 Å². The van der Waals surface area contributed by atoms with Crippen molar-refractivity contribution in [3.8, 4) is 0 Å². The quantitative estimate of drug-likeness (QED) is 0.794. The lowest BCUT2D eigenvalue weighted by atomic mass is 9.88. The Labute approximate surface area is 104 Å².